The van der Waals surface area contributed by atoms with Crippen LogP contribution in [0.15, 0.2) is 4.99 Å². The minimum absolute atomic E-state index is 0.564. The molecule has 0 radical (unpaired) electrons. The Balaban J connectivity index is 2.22. The van der Waals surface area contributed by atoms with Crippen LogP contribution in [-0.2, 0) is 10.8 Å². The molecule has 1 N–H and O–H groups in total. The minimum Gasteiger partial charge on any atom is -0.361 e. The molecule has 0 spiro atoms. The molecule has 2 atom stereocenters. The van der Waals surface area contributed by atoms with Gasteiger partial charge < -0.3 is 5.32 Å². The van der Waals surface area contributed by atoms with Crippen LogP contribution in [0.3, 0.4) is 0 Å². The second-order valence-electron chi connectivity index (χ2n) is 4.12. The van der Waals surface area contributed by atoms with Gasteiger partial charge in [0.25, 0.3) is 0 Å². The second-order valence-corrected chi connectivity index (χ2v) is 6.69. The van der Waals surface area contributed by atoms with E-state index in [9.17, 15) is 4.21 Å². The summed E-state index contributed by atoms with van der Waals surface area (Å²) in [6.07, 6.45) is 2.66. The zero-order valence-electron chi connectivity index (χ0n) is 9.66. The molecule has 1 aliphatic rings. The monoisotopic (exact) mass is 248 g/mol. The summed E-state index contributed by atoms with van der Waals surface area (Å²) in [6.45, 7) is 5.24. The van der Waals surface area contributed by atoms with Crippen molar-refractivity contribution in [3.63, 3.8) is 0 Å². The van der Waals surface area contributed by atoms with E-state index in [1.165, 1.54) is 0 Å². The highest BCUT2D eigenvalue weighted by molar-refractivity contribution is 8.14. The van der Waals surface area contributed by atoms with Crippen LogP contribution in [0.25, 0.3) is 0 Å². The largest absolute Gasteiger partial charge is 0.361 e. The molecule has 88 valence electrons. The zero-order chi connectivity index (χ0) is 11.3. The lowest BCUT2D eigenvalue weighted by atomic mass is 10.1. The molecule has 0 bridgehead atoms. The van der Waals surface area contributed by atoms with Gasteiger partial charge in [-0.3, -0.25) is 9.20 Å². The van der Waals surface area contributed by atoms with Gasteiger partial charge in [0.05, 0.1) is 0 Å². The summed E-state index contributed by atoms with van der Waals surface area (Å²) in [7, 11) is -0.679. The van der Waals surface area contributed by atoms with E-state index in [1.807, 2.05) is 0 Å². The maximum absolute atomic E-state index is 10.8. The van der Waals surface area contributed by atoms with Crippen LogP contribution < -0.4 is 5.32 Å². The highest BCUT2D eigenvalue weighted by Crippen LogP contribution is 2.18. The Labute approximate surface area is 99.0 Å². The first-order valence-corrected chi connectivity index (χ1v) is 8.04. The normalized spacial score (nSPS) is 25.9. The molecule has 15 heavy (non-hydrogen) atoms. The Morgan fingerprint density at radius 2 is 2.40 bits per heavy atom. The molecule has 1 heterocycles. The lowest BCUT2D eigenvalue weighted by Gasteiger charge is -2.12. The number of nitrogens with one attached hydrogen (secondary N) is 1. The summed E-state index contributed by atoms with van der Waals surface area (Å²) < 4.78 is 10.8. The Kier molecular flexibility index (Phi) is 5.68. The van der Waals surface area contributed by atoms with Crippen LogP contribution in [-0.4, -0.2) is 39.7 Å². The molecule has 0 aromatic rings. The van der Waals surface area contributed by atoms with Crippen LogP contribution >= 0.6 is 11.8 Å². The van der Waals surface area contributed by atoms with Crippen LogP contribution in [0.4, 0.5) is 0 Å². The van der Waals surface area contributed by atoms with Crippen molar-refractivity contribution in [2.24, 2.45) is 10.9 Å². The molecule has 0 aromatic carbocycles. The van der Waals surface area contributed by atoms with Crippen molar-refractivity contribution in [3.05, 3.63) is 0 Å². The Morgan fingerprint density at radius 1 is 1.67 bits per heavy atom. The fourth-order valence-electron chi connectivity index (χ4n) is 1.31. The third-order valence-electron chi connectivity index (χ3n) is 2.36. The molecule has 0 saturated carbocycles. The molecule has 1 fully saturated rings. The van der Waals surface area contributed by atoms with Crippen LogP contribution in [0.5, 0.6) is 0 Å². The van der Waals surface area contributed by atoms with Crippen molar-refractivity contribution in [3.8, 4) is 0 Å². The van der Waals surface area contributed by atoms with Crippen molar-refractivity contribution in [1.29, 1.82) is 0 Å². The summed E-state index contributed by atoms with van der Waals surface area (Å²) in [4.78, 5) is 4.46. The summed E-state index contributed by atoms with van der Waals surface area (Å²) in [5.41, 5.74) is 0. The van der Waals surface area contributed by atoms with Crippen LogP contribution in [0.1, 0.15) is 20.3 Å². The number of aliphatic imine (C=N–C) groups is 1. The lowest BCUT2D eigenvalue weighted by Crippen LogP contribution is -2.31. The number of rotatable bonds is 5. The number of hydrogen-bond donors (Lipinski definition) is 1. The number of amidine groups is 1. The van der Waals surface area contributed by atoms with Gasteiger partial charge >= 0.3 is 0 Å². The molecule has 1 unspecified atom stereocenters. The highest BCUT2D eigenvalue weighted by Gasteiger charge is 2.22. The first kappa shape index (κ1) is 13.0. The van der Waals surface area contributed by atoms with E-state index >= 15 is 0 Å². The van der Waals surface area contributed by atoms with Crippen LogP contribution in [0, 0.1) is 5.92 Å². The molecule has 1 aliphatic heterocycles. The summed E-state index contributed by atoms with van der Waals surface area (Å²) in [5.74, 6) is 2.54. The zero-order valence-corrected chi connectivity index (χ0v) is 11.3. The topological polar surface area (TPSA) is 41.5 Å². The average molecular weight is 248 g/mol. The van der Waals surface area contributed by atoms with E-state index in [-0.39, 0.29) is 0 Å². The number of nitrogens with zero attached hydrogens (tertiary/aromatic N) is 1. The third kappa shape index (κ3) is 5.02. The smallest absolute Gasteiger partial charge is 0.156 e. The molecule has 5 heteroatoms. The van der Waals surface area contributed by atoms with E-state index < -0.39 is 10.8 Å². The lowest BCUT2D eigenvalue weighted by molar-refractivity contribution is 0.503. The van der Waals surface area contributed by atoms with Gasteiger partial charge in [-0.25, -0.2) is 0 Å². The van der Waals surface area contributed by atoms with Gasteiger partial charge in [-0.2, -0.15) is 0 Å². The number of hydrogen-bond acceptors (Lipinski definition) is 3. The predicted octanol–water partition coefficient (Wildman–Crippen LogP) is 1.47. The van der Waals surface area contributed by atoms with E-state index in [0.717, 1.165) is 29.6 Å². The molecule has 1 saturated heterocycles. The number of thioether (sulfide) groups is 1. The van der Waals surface area contributed by atoms with E-state index in [0.29, 0.717) is 12.0 Å². The van der Waals surface area contributed by atoms with Gasteiger partial charge in [0.1, 0.15) is 0 Å². The van der Waals surface area contributed by atoms with Crippen molar-refractivity contribution in [2.75, 3.05) is 24.3 Å². The maximum Gasteiger partial charge on any atom is 0.156 e. The van der Waals surface area contributed by atoms with Crippen molar-refractivity contribution < 1.29 is 4.21 Å². The molecule has 1 rings (SSSR count). The summed E-state index contributed by atoms with van der Waals surface area (Å²) in [5, 5.41) is 4.48. The average Bonchev–Trinajstić information content (AvgIpc) is 2.60. The standard InChI is InChI=1S/C10H20N2OS2/c1-8(2)9-7-14-10(12-9)11-5-4-6-15(3)13/h8-9H,4-7H2,1-3H3,(H,11,12)/t9-,15?/m1/s1. The molecule has 0 aromatic heterocycles. The summed E-state index contributed by atoms with van der Waals surface area (Å²) >= 11 is 1.80. The fourth-order valence-corrected chi connectivity index (χ4v) is 3.07. The van der Waals surface area contributed by atoms with Gasteiger partial charge in [-0.1, -0.05) is 25.6 Å². The SMILES string of the molecule is CC(C)[C@H]1CSC(=NCCCS(C)=O)N1. The molecule has 3 nitrogen and oxygen atoms in total. The second kappa shape index (κ2) is 6.53. The Bertz CT molecular complexity index is 254. The quantitative estimate of drug-likeness (QED) is 0.749. The van der Waals surface area contributed by atoms with E-state index in [2.05, 4.69) is 24.2 Å². The maximum atomic E-state index is 10.8. The first-order chi connectivity index (χ1) is 7.09. The Hall–Kier alpha value is -0.0300. The minimum atomic E-state index is -0.679. The van der Waals surface area contributed by atoms with Gasteiger partial charge in [0.2, 0.25) is 0 Å². The molecular weight excluding hydrogens is 228 g/mol. The van der Waals surface area contributed by atoms with Crippen molar-refractivity contribution >= 4 is 27.7 Å². The molecule has 0 amide bonds. The predicted molar refractivity (Wildman–Crippen MR) is 70.1 cm³/mol. The van der Waals surface area contributed by atoms with E-state index in [4.69, 9.17) is 0 Å². The van der Waals surface area contributed by atoms with Gasteiger partial charge in [-0.15, -0.1) is 0 Å². The van der Waals surface area contributed by atoms with Gasteiger partial charge in [0, 0.05) is 41.1 Å². The van der Waals surface area contributed by atoms with Crippen molar-refractivity contribution in [2.45, 2.75) is 26.3 Å². The van der Waals surface area contributed by atoms with Crippen molar-refractivity contribution in [1.82, 2.24) is 5.32 Å². The van der Waals surface area contributed by atoms with Crippen LogP contribution in [0.2, 0.25) is 0 Å². The third-order valence-corrected chi connectivity index (χ3v) is 4.27. The molecular formula is C10H20N2OS2. The van der Waals surface area contributed by atoms with Gasteiger partial charge in [0.15, 0.2) is 5.17 Å². The van der Waals surface area contributed by atoms with E-state index in [1.54, 1.807) is 18.0 Å². The molecule has 0 aliphatic carbocycles. The first-order valence-electron chi connectivity index (χ1n) is 5.33. The fraction of sp³-hybridized carbons (Fsp3) is 0.900. The highest BCUT2D eigenvalue weighted by atomic mass is 32.2. The Morgan fingerprint density at radius 3 is 2.93 bits per heavy atom. The van der Waals surface area contributed by atoms with Gasteiger partial charge in [-0.05, 0) is 12.3 Å². The summed E-state index contributed by atoms with van der Waals surface area (Å²) in [6, 6.07) is 0.564.